The van der Waals surface area contributed by atoms with E-state index < -0.39 is 24.3 Å². The van der Waals surface area contributed by atoms with E-state index in [2.05, 4.69) is 16.4 Å². The van der Waals surface area contributed by atoms with Crippen molar-refractivity contribution in [2.24, 2.45) is 0 Å². The van der Waals surface area contributed by atoms with Gasteiger partial charge in [-0.2, -0.15) is 5.26 Å². The highest BCUT2D eigenvalue weighted by molar-refractivity contribution is 7.99. The molecule has 3 rings (SSSR count). The Kier molecular flexibility index (Phi) is 5.79. The van der Waals surface area contributed by atoms with Gasteiger partial charge < -0.3 is 10.2 Å². The van der Waals surface area contributed by atoms with Gasteiger partial charge in [0.05, 0.1) is 29.6 Å². The Morgan fingerprint density at radius 3 is 2.93 bits per heavy atom. The first-order valence-electron chi connectivity index (χ1n) is 8.59. The number of fused-ring (bicyclic) bond motifs is 1. The van der Waals surface area contributed by atoms with Crippen LogP contribution in [0.2, 0.25) is 0 Å². The second kappa shape index (κ2) is 8.10. The number of aromatic nitrogens is 1. The molecule has 1 saturated heterocycles. The number of alkyl halides is 2. The van der Waals surface area contributed by atoms with Gasteiger partial charge in [0.2, 0.25) is 11.8 Å². The predicted molar refractivity (Wildman–Crippen MR) is 102 cm³/mol. The summed E-state index contributed by atoms with van der Waals surface area (Å²) in [5.74, 6) is -2.73. The van der Waals surface area contributed by atoms with Crippen molar-refractivity contribution in [1.82, 2.24) is 15.2 Å². The molecule has 6 nitrogen and oxygen atoms in total. The van der Waals surface area contributed by atoms with Crippen LogP contribution in [-0.2, 0) is 11.2 Å². The number of carbonyl (C=O) groups is 2. The first-order valence-corrected chi connectivity index (χ1v) is 9.74. The normalized spacial score (nSPS) is 16.8. The van der Waals surface area contributed by atoms with E-state index in [1.165, 1.54) is 35.0 Å². The van der Waals surface area contributed by atoms with Gasteiger partial charge in [-0.25, -0.2) is 8.78 Å². The Hall–Kier alpha value is -2.73. The van der Waals surface area contributed by atoms with Crippen molar-refractivity contribution >= 4 is 34.5 Å². The van der Waals surface area contributed by atoms with Gasteiger partial charge in [-0.3, -0.25) is 14.6 Å². The molecule has 0 saturated carbocycles. The molecule has 2 heterocycles. The SMILES string of the molecule is CC(F)(F)Cc1ccc2nccc(C(=O)NCC(=O)N3CSCC3C#N)c2c1. The van der Waals surface area contributed by atoms with E-state index in [9.17, 15) is 18.4 Å². The Balaban J connectivity index is 1.76. The minimum Gasteiger partial charge on any atom is -0.343 e. The maximum Gasteiger partial charge on any atom is 0.252 e. The lowest BCUT2D eigenvalue weighted by Gasteiger charge is -2.18. The van der Waals surface area contributed by atoms with Gasteiger partial charge in [0.25, 0.3) is 5.91 Å². The number of benzene rings is 1. The number of pyridine rings is 1. The Bertz CT molecular complexity index is 955. The number of halogens is 2. The maximum absolute atomic E-state index is 13.3. The fourth-order valence-electron chi connectivity index (χ4n) is 3.01. The molecule has 2 aromatic rings. The summed E-state index contributed by atoms with van der Waals surface area (Å²) in [6.07, 6.45) is 1.01. The minimum absolute atomic E-state index is 0.242. The Morgan fingerprint density at radius 1 is 1.43 bits per heavy atom. The molecule has 1 aromatic carbocycles. The topological polar surface area (TPSA) is 86.1 Å². The summed E-state index contributed by atoms with van der Waals surface area (Å²) < 4.78 is 26.6. The Labute approximate surface area is 164 Å². The monoisotopic (exact) mass is 404 g/mol. The first kappa shape index (κ1) is 20.0. The first-order chi connectivity index (χ1) is 13.3. The van der Waals surface area contributed by atoms with Gasteiger partial charge in [-0.05, 0) is 30.7 Å². The average molecular weight is 404 g/mol. The van der Waals surface area contributed by atoms with Crippen molar-refractivity contribution in [2.75, 3.05) is 18.2 Å². The van der Waals surface area contributed by atoms with Crippen LogP contribution in [0.25, 0.3) is 10.9 Å². The molecule has 0 radical (unpaired) electrons. The lowest BCUT2D eigenvalue weighted by molar-refractivity contribution is -0.129. The third kappa shape index (κ3) is 4.57. The molecule has 1 N–H and O–H groups in total. The molecule has 2 amide bonds. The molecule has 0 spiro atoms. The summed E-state index contributed by atoms with van der Waals surface area (Å²) in [5.41, 5.74) is 1.15. The van der Waals surface area contributed by atoms with E-state index >= 15 is 0 Å². The van der Waals surface area contributed by atoms with Crippen LogP contribution in [0.5, 0.6) is 0 Å². The zero-order valence-electron chi connectivity index (χ0n) is 15.1. The number of hydrogen-bond acceptors (Lipinski definition) is 5. The van der Waals surface area contributed by atoms with E-state index in [0.717, 1.165) is 6.92 Å². The zero-order valence-corrected chi connectivity index (χ0v) is 15.9. The van der Waals surface area contributed by atoms with Crippen molar-refractivity contribution in [3.63, 3.8) is 0 Å². The molecule has 1 unspecified atom stereocenters. The molecule has 1 fully saturated rings. The van der Waals surface area contributed by atoms with Crippen LogP contribution in [0.4, 0.5) is 8.78 Å². The molecule has 146 valence electrons. The van der Waals surface area contributed by atoms with Crippen LogP contribution in [0.15, 0.2) is 30.5 Å². The third-order valence-electron chi connectivity index (χ3n) is 4.32. The fraction of sp³-hybridized carbons (Fsp3) is 0.368. The Morgan fingerprint density at radius 2 is 2.21 bits per heavy atom. The predicted octanol–water partition coefficient (Wildman–Crippen LogP) is 2.59. The maximum atomic E-state index is 13.3. The molecule has 9 heteroatoms. The third-order valence-corrected chi connectivity index (χ3v) is 5.33. The van der Waals surface area contributed by atoms with Gasteiger partial charge in [-0.1, -0.05) is 6.07 Å². The van der Waals surface area contributed by atoms with Crippen LogP contribution >= 0.6 is 11.8 Å². The van der Waals surface area contributed by atoms with Crippen molar-refractivity contribution in [2.45, 2.75) is 25.3 Å². The van der Waals surface area contributed by atoms with Crippen molar-refractivity contribution in [3.8, 4) is 6.07 Å². The second-order valence-electron chi connectivity index (χ2n) is 6.65. The molecular weight excluding hydrogens is 386 g/mol. The highest BCUT2D eigenvalue weighted by atomic mass is 32.2. The van der Waals surface area contributed by atoms with Crippen molar-refractivity contribution in [3.05, 3.63) is 41.6 Å². The number of hydrogen-bond donors (Lipinski definition) is 1. The molecule has 1 aromatic heterocycles. The standard InChI is InChI=1S/C19H18F2N4O2S/c1-19(20,21)7-12-2-3-16-15(6-12)14(4-5-23-16)18(27)24-9-17(26)25-11-28-10-13(25)8-22/h2-6,13H,7,9-11H2,1H3,(H,24,27). The number of nitrogens with zero attached hydrogens (tertiary/aromatic N) is 3. The number of thioether (sulfide) groups is 1. The van der Waals surface area contributed by atoms with Gasteiger partial charge in [0, 0.05) is 23.8 Å². The van der Waals surface area contributed by atoms with E-state index in [4.69, 9.17) is 5.26 Å². The van der Waals surface area contributed by atoms with Gasteiger partial charge in [-0.15, -0.1) is 11.8 Å². The van der Waals surface area contributed by atoms with Crippen LogP contribution in [-0.4, -0.2) is 51.8 Å². The number of nitrogens with one attached hydrogen (secondary N) is 1. The van der Waals surface area contributed by atoms with Crippen molar-refractivity contribution in [1.29, 1.82) is 5.26 Å². The van der Waals surface area contributed by atoms with Crippen LogP contribution in [0, 0.1) is 11.3 Å². The summed E-state index contributed by atoms with van der Waals surface area (Å²) in [6.45, 7) is 0.596. The number of amides is 2. The highest BCUT2D eigenvalue weighted by Crippen LogP contribution is 2.24. The lowest BCUT2D eigenvalue weighted by atomic mass is 10.0. The van der Waals surface area contributed by atoms with E-state index in [0.29, 0.717) is 28.1 Å². The number of carbonyl (C=O) groups excluding carboxylic acids is 2. The largest absolute Gasteiger partial charge is 0.343 e. The quantitative estimate of drug-likeness (QED) is 0.828. The van der Waals surface area contributed by atoms with Crippen LogP contribution < -0.4 is 5.32 Å². The van der Waals surface area contributed by atoms with Gasteiger partial charge in [0.1, 0.15) is 6.04 Å². The van der Waals surface area contributed by atoms with Crippen molar-refractivity contribution < 1.29 is 18.4 Å². The van der Waals surface area contributed by atoms with Gasteiger partial charge >= 0.3 is 0 Å². The summed E-state index contributed by atoms with van der Waals surface area (Å²) in [4.78, 5) is 30.5. The minimum atomic E-state index is -2.87. The molecule has 1 atom stereocenters. The molecule has 0 bridgehead atoms. The van der Waals surface area contributed by atoms with Crippen LogP contribution in [0.3, 0.4) is 0 Å². The second-order valence-corrected chi connectivity index (χ2v) is 7.65. The van der Waals surface area contributed by atoms with Gasteiger partial charge in [0.15, 0.2) is 0 Å². The number of rotatable bonds is 5. The summed E-state index contributed by atoms with van der Waals surface area (Å²) >= 11 is 1.48. The van der Waals surface area contributed by atoms with E-state index in [1.54, 1.807) is 12.1 Å². The highest BCUT2D eigenvalue weighted by Gasteiger charge is 2.29. The number of nitriles is 1. The van der Waals surface area contributed by atoms with E-state index in [-0.39, 0.29) is 18.0 Å². The molecule has 1 aliphatic rings. The van der Waals surface area contributed by atoms with E-state index in [1.807, 2.05) is 0 Å². The molecule has 28 heavy (non-hydrogen) atoms. The molecular formula is C19H18F2N4O2S. The fourth-order valence-corrected chi connectivity index (χ4v) is 4.11. The molecule has 1 aliphatic heterocycles. The molecule has 0 aliphatic carbocycles. The summed E-state index contributed by atoms with van der Waals surface area (Å²) in [6, 6.07) is 7.74. The summed E-state index contributed by atoms with van der Waals surface area (Å²) in [5, 5.41) is 12.1. The summed E-state index contributed by atoms with van der Waals surface area (Å²) in [7, 11) is 0. The lowest BCUT2D eigenvalue weighted by Crippen LogP contribution is -2.42. The van der Waals surface area contributed by atoms with Crippen LogP contribution in [0.1, 0.15) is 22.8 Å². The zero-order chi connectivity index (χ0) is 20.3. The smallest absolute Gasteiger partial charge is 0.252 e. The average Bonchev–Trinajstić information content (AvgIpc) is 3.13.